The van der Waals surface area contributed by atoms with E-state index in [9.17, 15) is 14.4 Å². The van der Waals surface area contributed by atoms with E-state index in [2.05, 4.69) is 26.8 Å². The topological polar surface area (TPSA) is 93.7 Å². The average Bonchev–Trinajstić information content (AvgIpc) is 2.48. The highest BCUT2D eigenvalue weighted by molar-refractivity contribution is 9.10. The monoisotopic (exact) mass is 384 g/mol. The molecule has 23 heavy (non-hydrogen) atoms. The van der Waals surface area contributed by atoms with Crippen molar-refractivity contribution in [3.8, 4) is 5.75 Å². The van der Waals surface area contributed by atoms with E-state index in [0.717, 1.165) is 23.7 Å². The summed E-state index contributed by atoms with van der Waals surface area (Å²) in [4.78, 5) is 34.4. The summed E-state index contributed by atoms with van der Waals surface area (Å²) in [6.07, 6.45) is 2.63. The first-order valence-corrected chi connectivity index (χ1v) is 7.96. The Morgan fingerprint density at radius 3 is 2.22 bits per heavy atom. The van der Waals surface area contributed by atoms with Crippen LogP contribution in [0.1, 0.15) is 19.3 Å². The van der Waals surface area contributed by atoms with E-state index >= 15 is 0 Å². The molecular weight excluding hydrogens is 368 g/mol. The van der Waals surface area contributed by atoms with Crippen LogP contribution in [0.3, 0.4) is 0 Å². The minimum atomic E-state index is -0.602. The molecule has 0 aliphatic heterocycles. The number of rotatable bonds is 6. The van der Waals surface area contributed by atoms with Crippen LogP contribution in [0.4, 0.5) is 0 Å². The zero-order chi connectivity index (χ0) is 16.7. The third kappa shape index (κ3) is 5.90. The Hall–Kier alpha value is -2.09. The normalized spacial score (nSPS) is 13.6. The van der Waals surface area contributed by atoms with Crippen LogP contribution < -0.4 is 15.6 Å². The molecule has 2 rings (SSSR count). The van der Waals surface area contributed by atoms with Crippen molar-refractivity contribution in [3.63, 3.8) is 0 Å². The Morgan fingerprint density at radius 1 is 1.04 bits per heavy atom. The third-order valence-corrected chi connectivity index (χ3v) is 3.84. The number of benzene rings is 1. The molecule has 0 unspecified atom stereocenters. The summed E-state index contributed by atoms with van der Waals surface area (Å²) in [5, 5.41) is 0. The van der Waals surface area contributed by atoms with Gasteiger partial charge in [0, 0.05) is 4.47 Å². The van der Waals surface area contributed by atoms with Crippen molar-refractivity contribution in [2.75, 3.05) is 13.2 Å². The molecule has 1 aromatic rings. The van der Waals surface area contributed by atoms with Gasteiger partial charge in [0.1, 0.15) is 5.75 Å². The molecule has 0 radical (unpaired) electrons. The second kappa shape index (κ2) is 8.52. The number of esters is 1. The first kappa shape index (κ1) is 17.3. The standard InChI is InChI=1S/C15H17BrN2O5/c16-11-4-6-12(7-5-11)22-8-13(19)17-18-14(20)9-23-15(21)10-2-1-3-10/h4-7,10H,1-3,8-9H2,(H,17,19)(H,18,20). The van der Waals surface area contributed by atoms with Gasteiger partial charge in [-0.3, -0.25) is 25.2 Å². The van der Waals surface area contributed by atoms with Gasteiger partial charge in [0.2, 0.25) is 0 Å². The van der Waals surface area contributed by atoms with Crippen LogP contribution in [-0.4, -0.2) is 31.0 Å². The number of carbonyl (C=O) groups is 3. The van der Waals surface area contributed by atoms with E-state index in [4.69, 9.17) is 9.47 Å². The van der Waals surface area contributed by atoms with E-state index in [0.29, 0.717) is 5.75 Å². The summed E-state index contributed by atoms with van der Waals surface area (Å²) in [7, 11) is 0. The lowest BCUT2D eigenvalue weighted by Crippen LogP contribution is -2.45. The van der Waals surface area contributed by atoms with Gasteiger partial charge in [-0.15, -0.1) is 0 Å². The maximum absolute atomic E-state index is 11.5. The molecular formula is C15H17BrN2O5. The number of ether oxygens (including phenoxy) is 2. The molecule has 0 saturated heterocycles. The number of halogens is 1. The molecule has 2 N–H and O–H groups in total. The fraction of sp³-hybridized carbons (Fsp3) is 0.400. The number of carbonyl (C=O) groups excluding carboxylic acids is 3. The quantitative estimate of drug-likeness (QED) is 0.569. The van der Waals surface area contributed by atoms with E-state index in [1.54, 1.807) is 24.3 Å². The van der Waals surface area contributed by atoms with Gasteiger partial charge in [-0.2, -0.15) is 0 Å². The molecule has 0 atom stereocenters. The summed E-state index contributed by atoms with van der Waals surface area (Å²) >= 11 is 3.29. The lowest BCUT2D eigenvalue weighted by molar-refractivity contribution is -0.155. The number of nitrogens with one attached hydrogen (secondary N) is 2. The summed E-state index contributed by atoms with van der Waals surface area (Å²) in [5.41, 5.74) is 4.34. The van der Waals surface area contributed by atoms with E-state index in [1.165, 1.54) is 0 Å². The summed E-state index contributed by atoms with van der Waals surface area (Å²) in [6, 6.07) is 6.97. The van der Waals surface area contributed by atoms with Crippen molar-refractivity contribution in [3.05, 3.63) is 28.7 Å². The highest BCUT2D eigenvalue weighted by Crippen LogP contribution is 2.27. The molecule has 1 fully saturated rings. The molecule has 2 amide bonds. The number of hydrazine groups is 1. The van der Waals surface area contributed by atoms with Crippen molar-refractivity contribution in [2.45, 2.75) is 19.3 Å². The van der Waals surface area contributed by atoms with Gasteiger partial charge in [-0.05, 0) is 37.1 Å². The zero-order valence-corrected chi connectivity index (χ0v) is 13.9. The third-order valence-electron chi connectivity index (χ3n) is 3.31. The van der Waals surface area contributed by atoms with Crippen LogP contribution in [0.15, 0.2) is 28.7 Å². The van der Waals surface area contributed by atoms with Crippen LogP contribution in [0.5, 0.6) is 5.75 Å². The Bertz CT molecular complexity index is 572. The molecule has 7 nitrogen and oxygen atoms in total. The summed E-state index contributed by atoms with van der Waals surface area (Å²) < 4.78 is 11.0. The fourth-order valence-corrected chi connectivity index (χ4v) is 2.05. The second-order valence-electron chi connectivity index (χ2n) is 5.07. The van der Waals surface area contributed by atoms with Gasteiger partial charge in [-0.1, -0.05) is 22.4 Å². The first-order chi connectivity index (χ1) is 11.0. The minimum absolute atomic E-state index is 0.0864. The van der Waals surface area contributed by atoms with Gasteiger partial charge in [0.25, 0.3) is 11.8 Å². The smallest absolute Gasteiger partial charge is 0.309 e. The lowest BCUT2D eigenvalue weighted by atomic mass is 9.86. The van der Waals surface area contributed by atoms with Gasteiger partial charge in [0.05, 0.1) is 5.92 Å². The van der Waals surface area contributed by atoms with Gasteiger partial charge in [0.15, 0.2) is 13.2 Å². The van der Waals surface area contributed by atoms with E-state index in [1.807, 2.05) is 0 Å². The van der Waals surface area contributed by atoms with Gasteiger partial charge < -0.3 is 9.47 Å². The Morgan fingerprint density at radius 2 is 1.65 bits per heavy atom. The van der Waals surface area contributed by atoms with Gasteiger partial charge in [-0.25, -0.2) is 0 Å². The Balaban J connectivity index is 1.58. The molecule has 0 bridgehead atoms. The zero-order valence-electron chi connectivity index (χ0n) is 12.3. The molecule has 1 aliphatic carbocycles. The fourth-order valence-electron chi connectivity index (χ4n) is 1.79. The molecule has 0 heterocycles. The van der Waals surface area contributed by atoms with Crippen molar-refractivity contribution < 1.29 is 23.9 Å². The number of hydrogen-bond donors (Lipinski definition) is 2. The SMILES string of the molecule is O=C(COC(=O)C1CCC1)NNC(=O)COc1ccc(Br)cc1. The maximum Gasteiger partial charge on any atom is 0.309 e. The van der Waals surface area contributed by atoms with Crippen LogP contribution in [-0.2, 0) is 19.1 Å². The maximum atomic E-state index is 11.5. The van der Waals surface area contributed by atoms with E-state index < -0.39 is 18.4 Å². The second-order valence-corrected chi connectivity index (χ2v) is 5.99. The highest BCUT2D eigenvalue weighted by atomic mass is 79.9. The van der Waals surface area contributed by atoms with Crippen LogP contribution in [0.2, 0.25) is 0 Å². The number of hydrogen-bond acceptors (Lipinski definition) is 5. The molecule has 1 aromatic carbocycles. The van der Waals surface area contributed by atoms with Crippen molar-refractivity contribution in [2.24, 2.45) is 5.92 Å². The molecule has 1 saturated carbocycles. The molecule has 1 aliphatic rings. The van der Waals surface area contributed by atoms with Gasteiger partial charge >= 0.3 is 5.97 Å². The van der Waals surface area contributed by atoms with Crippen LogP contribution >= 0.6 is 15.9 Å². The predicted octanol–water partition coefficient (Wildman–Crippen LogP) is 1.32. The average molecular weight is 385 g/mol. The highest BCUT2D eigenvalue weighted by Gasteiger charge is 2.27. The summed E-state index contributed by atoms with van der Waals surface area (Å²) in [5.74, 6) is -1.04. The Labute approximate surface area is 141 Å². The van der Waals surface area contributed by atoms with Crippen LogP contribution in [0, 0.1) is 5.92 Å². The first-order valence-electron chi connectivity index (χ1n) is 7.17. The minimum Gasteiger partial charge on any atom is -0.484 e. The predicted molar refractivity (Wildman–Crippen MR) is 84.2 cm³/mol. The molecule has 0 aromatic heterocycles. The largest absolute Gasteiger partial charge is 0.484 e. The summed E-state index contributed by atoms with van der Waals surface area (Å²) in [6.45, 7) is -0.660. The molecule has 124 valence electrons. The van der Waals surface area contributed by atoms with Crippen LogP contribution in [0.25, 0.3) is 0 Å². The van der Waals surface area contributed by atoms with Crippen molar-refractivity contribution >= 4 is 33.7 Å². The van der Waals surface area contributed by atoms with Crippen molar-refractivity contribution in [1.82, 2.24) is 10.9 Å². The van der Waals surface area contributed by atoms with E-state index in [-0.39, 0.29) is 18.5 Å². The Kier molecular flexibility index (Phi) is 6.40. The van der Waals surface area contributed by atoms with Crippen molar-refractivity contribution in [1.29, 1.82) is 0 Å². The molecule has 0 spiro atoms. The molecule has 8 heteroatoms. The number of amides is 2. The lowest BCUT2D eigenvalue weighted by Gasteiger charge is -2.22.